The van der Waals surface area contributed by atoms with E-state index in [0.29, 0.717) is 29.9 Å². The highest BCUT2D eigenvalue weighted by atomic mass is 16.4. The molecule has 0 unspecified atom stereocenters. The van der Waals surface area contributed by atoms with Crippen molar-refractivity contribution < 1.29 is 14.4 Å². The Morgan fingerprint density at radius 1 is 1.03 bits per heavy atom. The molecule has 0 saturated heterocycles. The molecule has 0 radical (unpaired) electrons. The molecule has 1 amide bonds. The van der Waals surface area contributed by atoms with Crippen LogP contribution in [0.1, 0.15) is 47.7 Å². The van der Waals surface area contributed by atoms with Gasteiger partial charge in [-0.25, -0.2) is 0 Å². The van der Waals surface area contributed by atoms with Gasteiger partial charge < -0.3 is 9.62 Å². The van der Waals surface area contributed by atoms with Gasteiger partial charge in [0.05, 0.1) is 17.1 Å². The van der Waals surface area contributed by atoms with Crippen molar-refractivity contribution in [2.75, 3.05) is 5.01 Å². The number of carbonyl (C=O) groups is 1. The molecule has 3 aromatic rings. The predicted molar refractivity (Wildman–Crippen MR) is 116 cm³/mol. The molecule has 0 spiro atoms. The van der Waals surface area contributed by atoms with Crippen LogP contribution in [0.15, 0.2) is 70.2 Å². The summed E-state index contributed by atoms with van der Waals surface area (Å²) < 4.78 is 6.01. The summed E-state index contributed by atoms with van der Waals surface area (Å²) in [5.74, 6) is 0.563. The first-order valence-corrected chi connectivity index (χ1v) is 9.94. The second-order valence-electron chi connectivity index (χ2n) is 8.37. The number of nitrogens with zero attached hydrogens (tertiary/aromatic N) is 2. The fraction of sp³-hybridized carbons (Fsp3) is 0.250. The minimum absolute atomic E-state index is 0.104. The van der Waals surface area contributed by atoms with E-state index in [1.807, 2.05) is 67.6 Å². The van der Waals surface area contributed by atoms with Crippen molar-refractivity contribution in [3.63, 3.8) is 0 Å². The van der Waals surface area contributed by atoms with Crippen LogP contribution in [0.4, 0.5) is 11.4 Å². The molecule has 0 bridgehead atoms. The number of anilines is 2. The number of benzene rings is 2. The zero-order valence-electron chi connectivity index (χ0n) is 17.3. The summed E-state index contributed by atoms with van der Waals surface area (Å²) in [5.41, 5.74) is 6.50. The Labute approximate surface area is 175 Å². The summed E-state index contributed by atoms with van der Waals surface area (Å²) in [6.07, 6.45) is 1.30. The molecule has 1 heterocycles. The number of furan rings is 1. The largest absolute Gasteiger partial charge is 0.455 e. The van der Waals surface area contributed by atoms with Crippen molar-refractivity contribution >= 4 is 23.0 Å². The smallest absolute Gasteiger partial charge is 0.306 e. The van der Waals surface area contributed by atoms with Crippen LogP contribution in [0.5, 0.6) is 0 Å². The summed E-state index contributed by atoms with van der Waals surface area (Å²) in [6, 6.07) is 19.2. The molecular weight excluding hydrogens is 378 g/mol. The van der Waals surface area contributed by atoms with Gasteiger partial charge in [-0.15, -0.1) is 0 Å². The van der Waals surface area contributed by atoms with Crippen molar-refractivity contribution in [3.8, 4) is 0 Å². The van der Waals surface area contributed by atoms with Crippen LogP contribution in [-0.2, 0) is 6.42 Å². The number of nitrogens with one attached hydrogen (secondary N) is 1. The standard InChI is InChI=1S/C24H25N3O3/c1-16-21-19(26-29)14-24(2,3)15-20(21)30-22(16)23(28)25-27(17-10-6-4-7-11-17)18-12-8-5-9-13-18/h4-13,29H,14-15H2,1-3H3,(H,25,28)/b26-19-. The van der Waals surface area contributed by atoms with Gasteiger partial charge in [0.1, 0.15) is 5.76 Å². The lowest BCUT2D eigenvalue weighted by atomic mass is 9.75. The second kappa shape index (κ2) is 7.71. The number of hydrogen-bond donors (Lipinski definition) is 2. The molecule has 0 atom stereocenters. The molecule has 154 valence electrons. The average molecular weight is 403 g/mol. The summed E-state index contributed by atoms with van der Waals surface area (Å²) in [4.78, 5) is 13.2. The molecule has 0 aliphatic heterocycles. The molecule has 4 rings (SSSR count). The van der Waals surface area contributed by atoms with Gasteiger partial charge >= 0.3 is 5.91 Å². The van der Waals surface area contributed by atoms with Crippen LogP contribution in [0.2, 0.25) is 0 Å². The molecule has 0 fully saturated rings. The fourth-order valence-corrected chi connectivity index (χ4v) is 4.00. The molecular formula is C24H25N3O3. The zero-order valence-corrected chi connectivity index (χ0v) is 17.3. The SMILES string of the molecule is Cc1c(C(=O)NN(c2ccccc2)c2ccccc2)oc2c1/C(=N\O)CC(C)(C)C2. The van der Waals surface area contributed by atoms with E-state index in [0.717, 1.165) is 16.9 Å². The Bertz CT molecular complexity index is 1050. The molecule has 6 heteroatoms. The Kier molecular flexibility index (Phi) is 5.08. The number of carbonyl (C=O) groups excluding carboxylic acids is 1. The third-order valence-electron chi connectivity index (χ3n) is 5.36. The van der Waals surface area contributed by atoms with Crippen molar-refractivity contribution in [1.82, 2.24) is 5.43 Å². The molecule has 1 aromatic heterocycles. The van der Waals surface area contributed by atoms with Crippen LogP contribution in [0, 0.1) is 12.3 Å². The first-order valence-electron chi connectivity index (χ1n) is 9.94. The molecule has 2 aromatic carbocycles. The number of para-hydroxylation sites is 2. The minimum Gasteiger partial charge on any atom is -0.455 e. The van der Waals surface area contributed by atoms with Gasteiger partial charge in [0.15, 0.2) is 5.76 Å². The third-order valence-corrected chi connectivity index (χ3v) is 5.36. The predicted octanol–water partition coefficient (Wildman–Crippen LogP) is 5.22. The third kappa shape index (κ3) is 3.68. The highest BCUT2D eigenvalue weighted by Crippen LogP contribution is 2.39. The normalized spacial score (nSPS) is 16.2. The number of amides is 1. The van der Waals surface area contributed by atoms with Crippen molar-refractivity contribution in [1.29, 1.82) is 0 Å². The van der Waals surface area contributed by atoms with Crippen LogP contribution < -0.4 is 10.4 Å². The Morgan fingerprint density at radius 3 is 2.13 bits per heavy atom. The van der Waals surface area contributed by atoms with Crippen molar-refractivity contribution in [2.24, 2.45) is 10.6 Å². The van der Waals surface area contributed by atoms with Gasteiger partial charge in [-0.05, 0) is 43.0 Å². The lowest BCUT2D eigenvalue weighted by molar-refractivity contribution is 0.0922. The van der Waals surface area contributed by atoms with E-state index in [2.05, 4.69) is 24.4 Å². The van der Waals surface area contributed by atoms with Gasteiger partial charge in [-0.1, -0.05) is 55.4 Å². The van der Waals surface area contributed by atoms with E-state index in [9.17, 15) is 10.0 Å². The number of rotatable bonds is 4. The van der Waals surface area contributed by atoms with Crippen LogP contribution >= 0.6 is 0 Å². The van der Waals surface area contributed by atoms with Crippen molar-refractivity contribution in [2.45, 2.75) is 33.6 Å². The van der Waals surface area contributed by atoms with Gasteiger partial charge in [0.25, 0.3) is 0 Å². The second-order valence-corrected chi connectivity index (χ2v) is 8.37. The highest BCUT2D eigenvalue weighted by Gasteiger charge is 2.36. The highest BCUT2D eigenvalue weighted by molar-refractivity contribution is 6.06. The Balaban J connectivity index is 1.70. The summed E-state index contributed by atoms with van der Waals surface area (Å²) in [7, 11) is 0. The molecule has 1 aliphatic rings. The average Bonchev–Trinajstić information content (AvgIpc) is 3.07. The van der Waals surface area contributed by atoms with Crippen LogP contribution in [0.25, 0.3) is 0 Å². The first kappa shape index (κ1) is 19.8. The molecule has 30 heavy (non-hydrogen) atoms. The molecule has 0 saturated carbocycles. The van der Waals surface area contributed by atoms with Crippen LogP contribution in [0.3, 0.4) is 0 Å². The van der Waals surface area contributed by atoms with Crippen molar-refractivity contribution in [3.05, 3.63) is 83.3 Å². The van der Waals surface area contributed by atoms with E-state index >= 15 is 0 Å². The topological polar surface area (TPSA) is 78.1 Å². The van der Waals surface area contributed by atoms with Crippen LogP contribution in [-0.4, -0.2) is 16.8 Å². The van der Waals surface area contributed by atoms with Gasteiger partial charge in [-0.3, -0.25) is 15.2 Å². The summed E-state index contributed by atoms with van der Waals surface area (Å²) >= 11 is 0. The fourth-order valence-electron chi connectivity index (χ4n) is 4.00. The van der Waals surface area contributed by atoms with Gasteiger partial charge in [0, 0.05) is 17.5 Å². The maximum Gasteiger partial charge on any atom is 0.306 e. The quantitative estimate of drug-likeness (QED) is 0.462. The lowest BCUT2D eigenvalue weighted by Gasteiger charge is -2.28. The van der Waals surface area contributed by atoms with E-state index in [-0.39, 0.29) is 17.1 Å². The molecule has 2 N–H and O–H groups in total. The van der Waals surface area contributed by atoms with E-state index in [1.165, 1.54) is 0 Å². The number of hydrazine groups is 1. The summed E-state index contributed by atoms with van der Waals surface area (Å²) in [6.45, 7) is 6.01. The number of fused-ring (bicyclic) bond motifs is 1. The minimum atomic E-state index is -0.357. The lowest BCUT2D eigenvalue weighted by Crippen LogP contribution is -2.39. The Hall–Kier alpha value is -3.54. The zero-order chi connectivity index (χ0) is 21.3. The summed E-state index contributed by atoms with van der Waals surface area (Å²) in [5, 5.41) is 14.7. The van der Waals surface area contributed by atoms with E-state index in [1.54, 1.807) is 5.01 Å². The van der Waals surface area contributed by atoms with Gasteiger partial charge in [0.2, 0.25) is 0 Å². The van der Waals surface area contributed by atoms with E-state index in [4.69, 9.17) is 4.42 Å². The maximum absolute atomic E-state index is 13.2. The number of hydrogen-bond acceptors (Lipinski definition) is 5. The van der Waals surface area contributed by atoms with E-state index < -0.39 is 0 Å². The molecule has 1 aliphatic carbocycles. The first-order chi connectivity index (χ1) is 14.4. The monoisotopic (exact) mass is 403 g/mol. The Morgan fingerprint density at radius 2 is 1.60 bits per heavy atom. The maximum atomic E-state index is 13.2. The molecule has 6 nitrogen and oxygen atoms in total. The number of oxime groups is 1. The van der Waals surface area contributed by atoms with Gasteiger partial charge in [-0.2, -0.15) is 0 Å².